The van der Waals surface area contributed by atoms with Crippen LogP contribution in [0.15, 0.2) is 71.5 Å². The van der Waals surface area contributed by atoms with Crippen LogP contribution in [0, 0.1) is 5.82 Å². The van der Waals surface area contributed by atoms with Gasteiger partial charge in [-0.25, -0.2) is 14.4 Å². The molecule has 1 aliphatic rings. The van der Waals surface area contributed by atoms with E-state index in [4.69, 9.17) is 16.6 Å². The molecule has 182 valence electrons. The number of fused-ring (bicyclic) bond motifs is 3. The first-order valence-electron chi connectivity index (χ1n) is 11.6. The van der Waals surface area contributed by atoms with Crippen molar-refractivity contribution in [1.29, 1.82) is 0 Å². The second-order valence-electron chi connectivity index (χ2n) is 8.55. The Morgan fingerprint density at radius 3 is 2.86 bits per heavy atom. The molecule has 0 spiro atoms. The number of aromatic nitrogens is 3. The Labute approximate surface area is 212 Å². The minimum absolute atomic E-state index is 0.184. The van der Waals surface area contributed by atoms with Crippen LogP contribution in [0.4, 0.5) is 10.2 Å². The molecule has 0 radical (unpaired) electrons. The Bertz CT molecular complexity index is 1550. The van der Waals surface area contributed by atoms with Gasteiger partial charge in [0.15, 0.2) is 11.5 Å². The van der Waals surface area contributed by atoms with E-state index in [2.05, 4.69) is 27.3 Å². The fourth-order valence-corrected chi connectivity index (χ4v) is 4.23. The molecule has 2 aromatic heterocycles. The number of nitrogens with one attached hydrogen (secondary N) is 2. The minimum Gasteiger partial charge on any atom is -0.363 e. The van der Waals surface area contributed by atoms with Crippen LogP contribution in [-0.2, 0) is 0 Å². The van der Waals surface area contributed by atoms with Crippen molar-refractivity contribution < 1.29 is 9.18 Å². The SMILES string of the molecule is C=N/C=C\C(=C/C)CNc1nc2ccc(F)cc2n2c(-c3ccc(C(=O)NC4CC4)c(Cl)c3)cnc12. The number of carbonyl (C=O) groups excluding carboxylic acids is 1. The summed E-state index contributed by atoms with van der Waals surface area (Å²) in [6.45, 7) is 5.88. The molecule has 0 unspecified atom stereocenters. The van der Waals surface area contributed by atoms with Crippen molar-refractivity contribution in [3.63, 3.8) is 0 Å². The molecule has 1 fully saturated rings. The quantitative estimate of drug-likeness (QED) is 0.235. The van der Waals surface area contributed by atoms with Gasteiger partial charge in [-0.15, -0.1) is 0 Å². The van der Waals surface area contributed by atoms with Crippen LogP contribution in [0.5, 0.6) is 0 Å². The van der Waals surface area contributed by atoms with Crippen LogP contribution in [0.3, 0.4) is 0 Å². The lowest BCUT2D eigenvalue weighted by Gasteiger charge is -2.13. The Balaban J connectivity index is 1.58. The van der Waals surface area contributed by atoms with Gasteiger partial charge in [-0.1, -0.05) is 23.7 Å². The van der Waals surface area contributed by atoms with Gasteiger partial charge in [0.1, 0.15) is 5.82 Å². The maximum absolute atomic E-state index is 14.3. The van der Waals surface area contributed by atoms with Crippen molar-refractivity contribution in [1.82, 2.24) is 19.7 Å². The molecule has 0 saturated heterocycles. The molecule has 0 aliphatic heterocycles. The number of anilines is 1. The molecule has 2 aromatic carbocycles. The minimum atomic E-state index is -0.380. The van der Waals surface area contributed by atoms with Crippen molar-refractivity contribution in [2.45, 2.75) is 25.8 Å². The molecule has 2 heterocycles. The van der Waals surface area contributed by atoms with Crippen molar-refractivity contribution in [2.75, 3.05) is 11.9 Å². The summed E-state index contributed by atoms with van der Waals surface area (Å²) in [6, 6.07) is 9.93. The smallest absolute Gasteiger partial charge is 0.253 e. The highest BCUT2D eigenvalue weighted by Gasteiger charge is 2.25. The lowest BCUT2D eigenvalue weighted by Crippen LogP contribution is -2.25. The highest BCUT2D eigenvalue weighted by atomic mass is 35.5. The van der Waals surface area contributed by atoms with Gasteiger partial charge in [-0.2, -0.15) is 0 Å². The lowest BCUT2D eigenvalue weighted by atomic mass is 10.1. The number of carbonyl (C=O) groups is 1. The number of imidazole rings is 1. The highest BCUT2D eigenvalue weighted by molar-refractivity contribution is 6.34. The van der Waals surface area contributed by atoms with E-state index in [9.17, 15) is 9.18 Å². The van der Waals surface area contributed by atoms with Crippen molar-refractivity contribution in [3.8, 4) is 11.3 Å². The molecule has 2 N–H and O–H groups in total. The average molecular weight is 503 g/mol. The van der Waals surface area contributed by atoms with Crippen LogP contribution in [-0.4, -0.2) is 39.6 Å². The van der Waals surface area contributed by atoms with E-state index in [1.807, 2.05) is 29.5 Å². The summed E-state index contributed by atoms with van der Waals surface area (Å²) in [4.78, 5) is 25.6. The first-order chi connectivity index (χ1) is 17.5. The molecule has 4 aromatic rings. The first kappa shape index (κ1) is 23.7. The van der Waals surface area contributed by atoms with Gasteiger partial charge in [0.05, 0.1) is 33.5 Å². The zero-order valence-electron chi connectivity index (χ0n) is 19.6. The average Bonchev–Trinajstić information content (AvgIpc) is 3.57. The second-order valence-corrected chi connectivity index (χ2v) is 8.96. The number of rotatable bonds is 8. The molecule has 7 nitrogen and oxygen atoms in total. The molecule has 9 heteroatoms. The van der Waals surface area contributed by atoms with Crippen LogP contribution >= 0.6 is 11.6 Å². The number of aliphatic imine (C=N–C) groups is 1. The highest BCUT2D eigenvalue weighted by Crippen LogP contribution is 2.31. The third kappa shape index (κ3) is 4.72. The van der Waals surface area contributed by atoms with Crippen molar-refractivity contribution in [3.05, 3.63) is 82.9 Å². The van der Waals surface area contributed by atoms with Gasteiger partial charge in [-0.05, 0) is 62.4 Å². The predicted molar refractivity (Wildman–Crippen MR) is 142 cm³/mol. The molecular formula is C27H24ClFN6O. The lowest BCUT2D eigenvalue weighted by molar-refractivity contribution is 0.0951. The monoisotopic (exact) mass is 502 g/mol. The number of benzene rings is 2. The number of hydrogen-bond acceptors (Lipinski definition) is 5. The predicted octanol–water partition coefficient (Wildman–Crippen LogP) is 5.81. The number of hydrogen-bond donors (Lipinski definition) is 2. The normalized spacial score (nSPS) is 14.0. The van der Waals surface area contributed by atoms with E-state index in [-0.39, 0.29) is 17.8 Å². The summed E-state index contributed by atoms with van der Waals surface area (Å²) in [7, 11) is 0. The maximum atomic E-state index is 14.3. The number of allylic oxidation sites excluding steroid dienone is 1. The zero-order chi connectivity index (χ0) is 25.2. The molecule has 0 bridgehead atoms. The van der Waals surface area contributed by atoms with Gasteiger partial charge in [0.2, 0.25) is 0 Å². The molecular weight excluding hydrogens is 479 g/mol. The van der Waals surface area contributed by atoms with E-state index < -0.39 is 0 Å². The van der Waals surface area contributed by atoms with E-state index in [0.717, 1.165) is 24.0 Å². The van der Waals surface area contributed by atoms with Gasteiger partial charge in [-0.3, -0.25) is 14.2 Å². The number of halogens is 2. The van der Waals surface area contributed by atoms with Crippen molar-refractivity contribution in [2.24, 2.45) is 4.99 Å². The summed E-state index contributed by atoms with van der Waals surface area (Å²) < 4.78 is 16.1. The van der Waals surface area contributed by atoms with Gasteiger partial charge >= 0.3 is 0 Å². The maximum Gasteiger partial charge on any atom is 0.253 e. The van der Waals surface area contributed by atoms with Crippen LogP contribution < -0.4 is 10.6 Å². The number of nitrogens with zero attached hydrogens (tertiary/aromatic N) is 4. The van der Waals surface area contributed by atoms with Gasteiger partial charge in [0.25, 0.3) is 5.91 Å². The van der Waals surface area contributed by atoms with E-state index in [0.29, 0.717) is 45.3 Å². The fraction of sp³-hybridized carbons (Fsp3) is 0.185. The van der Waals surface area contributed by atoms with Gasteiger partial charge < -0.3 is 10.6 Å². The second kappa shape index (κ2) is 9.91. The third-order valence-corrected chi connectivity index (χ3v) is 6.34. The fourth-order valence-electron chi connectivity index (χ4n) is 3.97. The molecule has 1 aliphatic carbocycles. The molecule has 36 heavy (non-hydrogen) atoms. The van der Waals surface area contributed by atoms with Crippen LogP contribution in [0.1, 0.15) is 30.1 Å². The largest absolute Gasteiger partial charge is 0.363 e. The Morgan fingerprint density at radius 1 is 1.31 bits per heavy atom. The first-order valence-corrected chi connectivity index (χ1v) is 11.9. The van der Waals surface area contributed by atoms with Gasteiger partial charge in [0, 0.05) is 30.4 Å². The summed E-state index contributed by atoms with van der Waals surface area (Å²) in [6.07, 6.45) is 9.12. The topological polar surface area (TPSA) is 83.7 Å². The Hall–Kier alpha value is -4.04. The summed E-state index contributed by atoms with van der Waals surface area (Å²) in [5, 5.41) is 6.62. The Morgan fingerprint density at radius 2 is 2.14 bits per heavy atom. The summed E-state index contributed by atoms with van der Waals surface area (Å²) >= 11 is 6.51. The Kier molecular flexibility index (Phi) is 6.52. The zero-order valence-corrected chi connectivity index (χ0v) is 20.4. The molecule has 5 rings (SSSR count). The van der Waals surface area contributed by atoms with E-state index >= 15 is 0 Å². The molecule has 1 amide bonds. The van der Waals surface area contributed by atoms with Crippen LogP contribution in [0.2, 0.25) is 5.02 Å². The summed E-state index contributed by atoms with van der Waals surface area (Å²) in [5.74, 6) is -0.0172. The van der Waals surface area contributed by atoms with E-state index in [1.165, 1.54) is 12.1 Å². The third-order valence-electron chi connectivity index (χ3n) is 6.03. The summed E-state index contributed by atoms with van der Waals surface area (Å²) in [5.41, 5.74) is 4.55. The van der Waals surface area contributed by atoms with Crippen molar-refractivity contribution >= 4 is 46.7 Å². The molecule has 1 saturated carbocycles. The standard InChI is InChI=1S/C27H24ClFN6O/c1-3-16(10-11-30-2)14-31-25-26-32-15-24(35(26)23-13-18(29)5-9-22(23)34-25)17-4-8-20(21(28)12-17)27(36)33-19-6-7-19/h3-5,8-13,15,19H,2,6-7,14H2,1H3,(H,31,34)(H,33,36)/b11-10-,16-3+. The van der Waals surface area contributed by atoms with E-state index in [1.54, 1.807) is 30.6 Å². The molecule has 0 atom stereocenters. The van der Waals surface area contributed by atoms with Crippen LogP contribution in [0.25, 0.3) is 27.9 Å². The number of amides is 1.